The Kier molecular flexibility index (Phi) is 8.88. The van der Waals surface area contributed by atoms with E-state index >= 15 is 0 Å². The van der Waals surface area contributed by atoms with Gasteiger partial charge in [-0.25, -0.2) is 4.21 Å². The molecule has 40 heavy (non-hydrogen) atoms. The van der Waals surface area contributed by atoms with E-state index in [4.69, 9.17) is 18.4 Å². The lowest BCUT2D eigenvalue weighted by atomic mass is 10.1. The van der Waals surface area contributed by atoms with Crippen LogP contribution in [0.5, 0.6) is 23.0 Å². The Morgan fingerprint density at radius 2 is 1.40 bits per heavy atom. The molecule has 5 rings (SSSR count). The molecule has 0 aliphatic carbocycles. The van der Waals surface area contributed by atoms with Gasteiger partial charge in [-0.3, -0.25) is 4.90 Å². The van der Waals surface area contributed by atoms with E-state index in [-0.39, 0.29) is 0 Å². The van der Waals surface area contributed by atoms with Crippen LogP contribution in [0.15, 0.2) is 95.9 Å². The van der Waals surface area contributed by atoms with Crippen molar-refractivity contribution in [3.63, 3.8) is 0 Å². The van der Waals surface area contributed by atoms with E-state index in [2.05, 4.69) is 15.9 Å². The maximum atomic E-state index is 12.8. The summed E-state index contributed by atoms with van der Waals surface area (Å²) >= 11 is -1.61. The van der Waals surface area contributed by atoms with E-state index < -0.39 is 11.1 Å². The summed E-state index contributed by atoms with van der Waals surface area (Å²) in [4.78, 5) is 5.42. The molecule has 0 amide bonds. The molecule has 8 heteroatoms. The number of piperazine rings is 1. The summed E-state index contributed by atoms with van der Waals surface area (Å²) in [7, 11) is 4.96. The molecule has 1 heterocycles. The third kappa shape index (κ3) is 6.58. The van der Waals surface area contributed by atoms with Crippen LogP contribution in [-0.4, -0.2) is 56.6 Å². The van der Waals surface area contributed by atoms with Crippen LogP contribution in [0.2, 0.25) is 0 Å². The van der Waals surface area contributed by atoms with Crippen molar-refractivity contribution in [3.05, 3.63) is 96.6 Å². The summed E-state index contributed by atoms with van der Waals surface area (Å²) in [6, 6.07) is 29.3. The standard InChI is InChI=1S/C32H34N2O5S/c1-36-29-6-4-5-26(22-29)25-8-14-30(15-9-25)40(35)39-28-12-10-27(11-13-28)34-19-17-33(18-20-34)23-24-7-16-31(37-2)32(21-24)38-3/h4-16,21-22H,17-20,23H2,1-3H3. The van der Waals surface area contributed by atoms with Crippen LogP contribution >= 0.6 is 0 Å². The highest BCUT2D eigenvalue weighted by Crippen LogP contribution is 2.29. The molecule has 0 N–H and O–H groups in total. The molecule has 208 valence electrons. The van der Waals surface area contributed by atoms with Gasteiger partial charge < -0.3 is 23.3 Å². The van der Waals surface area contributed by atoms with E-state index in [1.165, 1.54) is 5.56 Å². The molecule has 0 aromatic heterocycles. The molecule has 0 bridgehead atoms. The average Bonchev–Trinajstić information content (AvgIpc) is 3.02. The fraction of sp³-hybridized carbons (Fsp3) is 0.250. The van der Waals surface area contributed by atoms with Gasteiger partial charge in [0.05, 0.1) is 26.2 Å². The number of benzene rings is 4. The van der Waals surface area contributed by atoms with Crippen molar-refractivity contribution in [1.29, 1.82) is 0 Å². The minimum atomic E-state index is -1.61. The summed E-state index contributed by atoms with van der Waals surface area (Å²) in [5, 5.41) is 0. The molecule has 0 radical (unpaired) electrons. The summed E-state index contributed by atoms with van der Waals surface area (Å²) in [5.74, 6) is 2.88. The Hall–Kier alpha value is -4.01. The first-order valence-electron chi connectivity index (χ1n) is 13.2. The van der Waals surface area contributed by atoms with Crippen LogP contribution in [0, 0.1) is 0 Å². The fourth-order valence-corrected chi connectivity index (χ4v) is 5.55. The third-order valence-corrected chi connectivity index (χ3v) is 8.05. The lowest BCUT2D eigenvalue weighted by Gasteiger charge is -2.36. The summed E-state index contributed by atoms with van der Waals surface area (Å²) < 4.78 is 34.7. The molecular formula is C32H34N2O5S. The molecule has 0 saturated carbocycles. The van der Waals surface area contributed by atoms with E-state index in [9.17, 15) is 4.21 Å². The van der Waals surface area contributed by atoms with E-state index in [1.807, 2.05) is 84.9 Å². The number of ether oxygens (including phenoxy) is 3. The highest BCUT2D eigenvalue weighted by Gasteiger charge is 2.18. The number of hydrogen-bond acceptors (Lipinski definition) is 7. The first-order chi connectivity index (χ1) is 19.6. The van der Waals surface area contributed by atoms with Crippen LogP contribution in [-0.2, 0) is 17.6 Å². The van der Waals surface area contributed by atoms with Crippen LogP contribution in [0.1, 0.15) is 5.56 Å². The average molecular weight is 559 g/mol. The van der Waals surface area contributed by atoms with Crippen LogP contribution in [0.25, 0.3) is 11.1 Å². The highest BCUT2D eigenvalue weighted by atomic mass is 32.2. The monoisotopic (exact) mass is 558 g/mol. The van der Waals surface area contributed by atoms with Crippen molar-refractivity contribution >= 4 is 16.8 Å². The van der Waals surface area contributed by atoms with Crippen LogP contribution in [0.3, 0.4) is 0 Å². The lowest BCUT2D eigenvalue weighted by molar-refractivity contribution is 0.249. The number of nitrogens with zero attached hydrogens (tertiary/aromatic N) is 2. The van der Waals surface area contributed by atoms with Crippen molar-refractivity contribution in [2.75, 3.05) is 52.4 Å². The van der Waals surface area contributed by atoms with Gasteiger partial charge in [-0.15, -0.1) is 0 Å². The SMILES string of the molecule is COc1cccc(-c2ccc(S(=O)Oc3ccc(N4CCN(Cc5ccc(OC)c(OC)c5)CC4)cc3)cc2)c1. The highest BCUT2D eigenvalue weighted by molar-refractivity contribution is 7.80. The van der Waals surface area contributed by atoms with Gasteiger partial charge in [-0.2, -0.15) is 0 Å². The minimum absolute atomic E-state index is 0.575. The summed E-state index contributed by atoms with van der Waals surface area (Å²) in [6.45, 7) is 4.65. The molecule has 4 aromatic rings. The molecule has 1 unspecified atom stereocenters. The van der Waals surface area contributed by atoms with Crippen molar-refractivity contribution in [1.82, 2.24) is 4.90 Å². The molecule has 1 fully saturated rings. The molecule has 4 aromatic carbocycles. The van der Waals surface area contributed by atoms with Gasteiger partial charge in [-0.1, -0.05) is 30.3 Å². The van der Waals surface area contributed by atoms with Gasteiger partial charge in [0.1, 0.15) is 11.5 Å². The van der Waals surface area contributed by atoms with Crippen molar-refractivity contribution in [3.8, 4) is 34.1 Å². The maximum absolute atomic E-state index is 12.8. The van der Waals surface area contributed by atoms with Crippen LogP contribution < -0.4 is 23.3 Å². The van der Waals surface area contributed by atoms with E-state index in [1.54, 1.807) is 21.3 Å². The second kappa shape index (κ2) is 12.9. The maximum Gasteiger partial charge on any atom is 0.240 e. The molecule has 1 aliphatic rings. The Morgan fingerprint density at radius 3 is 2.08 bits per heavy atom. The van der Waals surface area contributed by atoms with E-state index in [0.29, 0.717) is 10.6 Å². The molecular weight excluding hydrogens is 524 g/mol. The lowest BCUT2D eigenvalue weighted by Crippen LogP contribution is -2.45. The second-order valence-corrected chi connectivity index (χ2v) is 10.6. The first kappa shape index (κ1) is 27.6. The Labute approximate surface area is 238 Å². The van der Waals surface area contributed by atoms with Gasteiger partial charge in [0, 0.05) is 38.4 Å². The van der Waals surface area contributed by atoms with Crippen molar-refractivity contribution < 1.29 is 22.6 Å². The Bertz CT molecular complexity index is 1430. The zero-order chi connectivity index (χ0) is 27.9. The predicted molar refractivity (Wildman–Crippen MR) is 159 cm³/mol. The Morgan fingerprint density at radius 1 is 0.675 bits per heavy atom. The summed E-state index contributed by atoms with van der Waals surface area (Å²) in [6.07, 6.45) is 0. The molecule has 7 nitrogen and oxygen atoms in total. The predicted octanol–water partition coefficient (Wildman–Crippen LogP) is 5.80. The van der Waals surface area contributed by atoms with Gasteiger partial charge >= 0.3 is 0 Å². The second-order valence-electron chi connectivity index (χ2n) is 9.52. The zero-order valence-electron chi connectivity index (χ0n) is 23.0. The minimum Gasteiger partial charge on any atom is -0.497 e. The molecule has 0 spiro atoms. The normalized spacial score (nSPS) is 14.4. The topological polar surface area (TPSA) is 60.5 Å². The number of methoxy groups -OCH3 is 3. The quantitative estimate of drug-likeness (QED) is 0.244. The fourth-order valence-electron chi connectivity index (χ4n) is 4.81. The Balaban J connectivity index is 1.13. The van der Waals surface area contributed by atoms with Gasteiger partial charge in [0.15, 0.2) is 11.5 Å². The van der Waals surface area contributed by atoms with E-state index in [0.717, 1.165) is 66.8 Å². The number of anilines is 1. The summed E-state index contributed by atoms with van der Waals surface area (Å²) in [5.41, 5.74) is 4.39. The number of rotatable bonds is 10. The molecule has 1 saturated heterocycles. The smallest absolute Gasteiger partial charge is 0.240 e. The molecule has 1 atom stereocenters. The largest absolute Gasteiger partial charge is 0.497 e. The van der Waals surface area contributed by atoms with Crippen LogP contribution in [0.4, 0.5) is 5.69 Å². The third-order valence-electron chi connectivity index (χ3n) is 7.05. The van der Waals surface area contributed by atoms with Crippen molar-refractivity contribution in [2.45, 2.75) is 11.4 Å². The number of hydrogen-bond donors (Lipinski definition) is 0. The zero-order valence-corrected chi connectivity index (χ0v) is 23.9. The van der Waals surface area contributed by atoms with Crippen molar-refractivity contribution in [2.24, 2.45) is 0 Å². The molecule has 1 aliphatic heterocycles. The van der Waals surface area contributed by atoms with Gasteiger partial charge in [0.2, 0.25) is 11.1 Å². The van der Waals surface area contributed by atoms with Gasteiger partial charge in [-0.05, 0) is 77.4 Å². The van der Waals surface area contributed by atoms with Gasteiger partial charge in [0.25, 0.3) is 0 Å². The first-order valence-corrected chi connectivity index (χ1v) is 14.3.